The second-order valence-electron chi connectivity index (χ2n) is 11.0. The minimum Gasteiger partial charge on any atom is -0.394 e. The maximum Gasteiger partial charge on any atom is 0.249 e. The van der Waals surface area contributed by atoms with Gasteiger partial charge in [-0.2, -0.15) is 0 Å². The molecule has 0 rings (SSSR count). The van der Waals surface area contributed by atoms with Gasteiger partial charge >= 0.3 is 0 Å². The molecule has 3 unspecified atom stereocenters. The van der Waals surface area contributed by atoms with Crippen molar-refractivity contribution in [3.63, 3.8) is 0 Å². The first kappa shape index (κ1) is 37.6. The van der Waals surface area contributed by atoms with Gasteiger partial charge in [0.2, 0.25) is 5.91 Å². The molecule has 0 aromatic rings. The average molecular weight is 550 g/mol. The quantitative estimate of drug-likeness (QED) is 0.0451. The smallest absolute Gasteiger partial charge is 0.249 e. The zero-order chi connectivity index (χ0) is 28.8. The Morgan fingerprint density at radius 1 is 0.641 bits per heavy atom. The van der Waals surface area contributed by atoms with E-state index in [2.05, 4.69) is 43.5 Å². The Hall–Kier alpha value is -1.43. The van der Waals surface area contributed by atoms with Crippen LogP contribution in [0.25, 0.3) is 0 Å². The Labute approximate surface area is 241 Å². The summed E-state index contributed by atoms with van der Waals surface area (Å²) in [5.74, 6) is -0.523. The molecule has 0 fully saturated rings. The van der Waals surface area contributed by atoms with E-state index in [1.54, 1.807) is 6.08 Å². The highest BCUT2D eigenvalue weighted by Gasteiger charge is 2.22. The van der Waals surface area contributed by atoms with Crippen LogP contribution in [0.5, 0.6) is 0 Å². The van der Waals surface area contributed by atoms with Crippen LogP contribution in [0, 0.1) is 0 Å². The highest BCUT2D eigenvalue weighted by atomic mass is 16.3. The lowest BCUT2D eigenvalue weighted by Crippen LogP contribution is -2.48. The maximum atomic E-state index is 12.3. The predicted molar refractivity (Wildman–Crippen MR) is 167 cm³/mol. The number of nitrogens with one attached hydrogen (secondary N) is 1. The van der Waals surface area contributed by atoms with Crippen LogP contribution in [0.2, 0.25) is 0 Å². The molecule has 228 valence electrons. The van der Waals surface area contributed by atoms with Crippen LogP contribution >= 0.6 is 0 Å². The monoisotopic (exact) mass is 549 g/mol. The fraction of sp³-hybridized carbons (Fsp3) is 0.794. The number of hydrogen-bond donors (Lipinski definition) is 4. The van der Waals surface area contributed by atoms with E-state index in [9.17, 15) is 20.1 Å². The molecule has 5 nitrogen and oxygen atoms in total. The molecule has 1 amide bonds. The Morgan fingerprint density at radius 3 is 1.64 bits per heavy atom. The standard InChI is InChI=1S/C34H63NO4/c1-3-5-7-9-11-13-15-17-19-20-22-24-26-28-32(37)31(30-36)35-34(39)33(38)29-27-25-23-21-18-16-14-12-10-8-6-4-2/h15,17,19-20,26,28,31-33,36-38H,3-14,16,18,21-25,27,29-30H2,1-2H3,(H,35,39). The molecule has 0 radical (unpaired) electrons. The van der Waals surface area contributed by atoms with Crippen molar-refractivity contribution in [1.29, 1.82) is 0 Å². The van der Waals surface area contributed by atoms with Crippen LogP contribution in [0.15, 0.2) is 36.5 Å². The summed E-state index contributed by atoms with van der Waals surface area (Å²) in [6.45, 7) is 4.10. The molecule has 3 atom stereocenters. The molecule has 0 aliphatic heterocycles. The Kier molecular flexibility index (Phi) is 28.5. The summed E-state index contributed by atoms with van der Waals surface area (Å²) in [7, 11) is 0. The van der Waals surface area contributed by atoms with Crippen molar-refractivity contribution in [3.05, 3.63) is 36.5 Å². The maximum absolute atomic E-state index is 12.3. The summed E-state index contributed by atoms with van der Waals surface area (Å²) < 4.78 is 0. The molecule has 0 bridgehead atoms. The Morgan fingerprint density at radius 2 is 1.10 bits per heavy atom. The van der Waals surface area contributed by atoms with Crippen molar-refractivity contribution < 1.29 is 20.1 Å². The third kappa shape index (κ3) is 25.3. The number of amides is 1. The van der Waals surface area contributed by atoms with E-state index in [0.717, 1.165) is 38.5 Å². The zero-order valence-electron chi connectivity index (χ0n) is 25.5. The third-order valence-corrected chi connectivity index (χ3v) is 7.26. The average Bonchev–Trinajstić information content (AvgIpc) is 2.94. The van der Waals surface area contributed by atoms with Crippen LogP contribution in [-0.2, 0) is 4.79 Å². The molecular weight excluding hydrogens is 486 g/mol. The van der Waals surface area contributed by atoms with Crippen molar-refractivity contribution in [2.45, 2.75) is 167 Å². The summed E-state index contributed by atoms with van der Waals surface area (Å²) in [6, 6.07) is -0.818. The lowest BCUT2D eigenvalue weighted by atomic mass is 10.0. The summed E-state index contributed by atoms with van der Waals surface area (Å²) in [4.78, 5) is 12.3. The second kappa shape index (κ2) is 29.6. The van der Waals surface area contributed by atoms with Crippen LogP contribution in [0.4, 0.5) is 0 Å². The molecule has 0 aromatic carbocycles. The normalized spacial score (nSPS) is 14.5. The number of carbonyl (C=O) groups excluding carboxylic acids is 1. The van der Waals surface area contributed by atoms with Gasteiger partial charge in [0.25, 0.3) is 0 Å². The first-order valence-electron chi connectivity index (χ1n) is 16.3. The summed E-state index contributed by atoms with van der Waals surface area (Å²) in [5.41, 5.74) is 0. The van der Waals surface area contributed by atoms with E-state index < -0.39 is 24.2 Å². The number of rotatable bonds is 28. The largest absolute Gasteiger partial charge is 0.394 e. The summed E-state index contributed by atoms with van der Waals surface area (Å²) >= 11 is 0. The molecule has 0 heterocycles. The van der Waals surface area contributed by atoms with Gasteiger partial charge in [0.1, 0.15) is 6.10 Å². The van der Waals surface area contributed by atoms with Crippen LogP contribution in [0.3, 0.4) is 0 Å². The lowest BCUT2D eigenvalue weighted by molar-refractivity contribution is -0.131. The Bertz CT molecular complexity index is 616. The van der Waals surface area contributed by atoms with E-state index in [1.165, 1.54) is 89.9 Å². The molecule has 0 aliphatic carbocycles. The molecule has 0 saturated carbocycles. The van der Waals surface area contributed by atoms with Gasteiger partial charge < -0.3 is 20.6 Å². The molecule has 4 N–H and O–H groups in total. The van der Waals surface area contributed by atoms with Crippen molar-refractivity contribution in [2.75, 3.05) is 6.61 Å². The molecule has 0 saturated heterocycles. The SMILES string of the molecule is CCCCCCCC=CC=CCCC=CC(O)C(CO)NC(=O)C(O)CCCCCCCCCCCCCC. The first-order chi connectivity index (χ1) is 19.1. The third-order valence-electron chi connectivity index (χ3n) is 7.26. The summed E-state index contributed by atoms with van der Waals surface area (Å²) in [5, 5.41) is 32.7. The highest BCUT2D eigenvalue weighted by Crippen LogP contribution is 2.13. The van der Waals surface area contributed by atoms with Gasteiger partial charge in [0, 0.05) is 0 Å². The van der Waals surface area contributed by atoms with E-state index in [0.29, 0.717) is 6.42 Å². The van der Waals surface area contributed by atoms with Crippen molar-refractivity contribution in [3.8, 4) is 0 Å². The molecule has 0 aromatic heterocycles. The number of allylic oxidation sites excluding steroid dienone is 5. The number of carbonyl (C=O) groups is 1. The Balaban J connectivity index is 3.90. The van der Waals surface area contributed by atoms with E-state index in [1.807, 2.05) is 6.08 Å². The van der Waals surface area contributed by atoms with Gasteiger partial charge in [-0.3, -0.25) is 4.79 Å². The van der Waals surface area contributed by atoms with E-state index in [-0.39, 0.29) is 6.61 Å². The molecule has 0 spiro atoms. The van der Waals surface area contributed by atoms with Gasteiger partial charge in [-0.1, -0.05) is 153 Å². The fourth-order valence-electron chi connectivity index (χ4n) is 4.61. The molecule has 5 heteroatoms. The fourth-order valence-corrected chi connectivity index (χ4v) is 4.61. The van der Waals surface area contributed by atoms with E-state index in [4.69, 9.17) is 0 Å². The molecule has 39 heavy (non-hydrogen) atoms. The molecule has 0 aliphatic rings. The predicted octanol–water partition coefficient (Wildman–Crippen LogP) is 8.09. The number of aliphatic hydroxyl groups excluding tert-OH is 3. The minimum atomic E-state index is -1.10. The van der Waals surface area contributed by atoms with Crippen LogP contribution in [-0.4, -0.2) is 46.1 Å². The number of aliphatic hydroxyl groups is 3. The second-order valence-corrected chi connectivity index (χ2v) is 11.0. The van der Waals surface area contributed by atoms with Crippen molar-refractivity contribution in [1.82, 2.24) is 5.32 Å². The minimum absolute atomic E-state index is 0.383. The highest BCUT2D eigenvalue weighted by molar-refractivity contribution is 5.80. The van der Waals surface area contributed by atoms with Gasteiger partial charge in [-0.25, -0.2) is 0 Å². The van der Waals surface area contributed by atoms with Gasteiger partial charge in [-0.15, -0.1) is 0 Å². The number of unbranched alkanes of at least 4 members (excludes halogenated alkanes) is 17. The van der Waals surface area contributed by atoms with Crippen LogP contribution in [0.1, 0.15) is 149 Å². The van der Waals surface area contributed by atoms with Crippen molar-refractivity contribution in [2.24, 2.45) is 0 Å². The van der Waals surface area contributed by atoms with Gasteiger partial charge in [-0.05, 0) is 32.1 Å². The van der Waals surface area contributed by atoms with Gasteiger partial charge in [0.15, 0.2) is 0 Å². The number of hydrogen-bond acceptors (Lipinski definition) is 4. The van der Waals surface area contributed by atoms with Gasteiger partial charge in [0.05, 0.1) is 18.8 Å². The first-order valence-corrected chi connectivity index (χ1v) is 16.3. The molecular formula is C34H63NO4. The lowest BCUT2D eigenvalue weighted by Gasteiger charge is -2.21. The summed E-state index contributed by atoms with van der Waals surface area (Å²) in [6.07, 6.45) is 34.4. The topological polar surface area (TPSA) is 89.8 Å². The van der Waals surface area contributed by atoms with Crippen LogP contribution < -0.4 is 5.32 Å². The zero-order valence-corrected chi connectivity index (χ0v) is 25.5. The van der Waals surface area contributed by atoms with E-state index >= 15 is 0 Å². The van der Waals surface area contributed by atoms with Crippen molar-refractivity contribution >= 4 is 5.91 Å².